The first kappa shape index (κ1) is 8.05. The molecule has 1 aromatic carbocycles. The highest BCUT2D eigenvalue weighted by molar-refractivity contribution is 5.85. The Bertz CT molecular complexity index is 338. The predicted molar refractivity (Wildman–Crippen MR) is 49.2 cm³/mol. The van der Waals surface area contributed by atoms with Gasteiger partial charge in [0, 0.05) is 6.08 Å². The first-order valence-corrected chi connectivity index (χ1v) is 4.25. The van der Waals surface area contributed by atoms with Crippen LogP contribution in [0.4, 0.5) is 0 Å². The summed E-state index contributed by atoms with van der Waals surface area (Å²) in [5.41, 5.74) is 2.27. The molecule has 0 amide bonds. The number of ether oxygens (including phenoxy) is 1. The second-order valence-electron chi connectivity index (χ2n) is 3.07. The molecular formula is C11H10O2. The van der Waals surface area contributed by atoms with Crippen LogP contribution >= 0.6 is 0 Å². The van der Waals surface area contributed by atoms with E-state index in [1.807, 2.05) is 30.3 Å². The number of cyclic esters (lactones) is 1. The van der Waals surface area contributed by atoms with E-state index in [1.54, 1.807) is 6.08 Å². The molecule has 2 rings (SSSR count). The summed E-state index contributed by atoms with van der Waals surface area (Å²) in [7, 11) is 0. The van der Waals surface area contributed by atoms with Crippen molar-refractivity contribution in [2.75, 3.05) is 6.61 Å². The van der Waals surface area contributed by atoms with Gasteiger partial charge in [-0.1, -0.05) is 30.3 Å². The van der Waals surface area contributed by atoms with Crippen molar-refractivity contribution in [1.82, 2.24) is 0 Å². The van der Waals surface area contributed by atoms with E-state index in [-0.39, 0.29) is 5.97 Å². The van der Waals surface area contributed by atoms with Crippen LogP contribution < -0.4 is 0 Å². The second-order valence-corrected chi connectivity index (χ2v) is 3.07. The lowest BCUT2D eigenvalue weighted by molar-refractivity contribution is -0.134. The molecule has 0 spiro atoms. The van der Waals surface area contributed by atoms with Gasteiger partial charge in [-0.05, 0) is 17.6 Å². The molecule has 0 aromatic heterocycles. The molecule has 0 fully saturated rings. The zero-order valence-corrected chi connectivity index (χ0v) is 7.19. The lowest BCUT2D eigenvalue weighted by Gasteiger charge is -1.99. The van der Waals surface area contributed by atoms with Gasteiger partial charge in [-0.15, -0.1) is 0 Å². The Hall–Kier alpha value is -1.57. The second kappa shape index (κ2) is 3.44. The van der Waals surface area contributed by atoms with Crippen LogP contribution in [0.1, 0.15) is 5.56 Å². The quantitative estimate of drug-likeness (QED) is 0.638. The van der Waals surface area contributed by atoms with Gasteiger partial charge in [0.25, 0.3) is 0 Å². The van der Waals surface area contributed by atoms with Crippen LogP contribution in [0.3, 0.4) is 0 Å². The molecule has 0 saturated carbocycles. The first-order valence-electron chi connectivity index (χ1n) is 4.25. The molecule has 0 radical (unpaired) electrons. The maximum Gasteiger partial charge on any atom is 0.331 e. The molecule has 2 heteroatoms. The molecule has 1 aliphatic rings. The van der Waals surface area contributed by atoms with E-state index >= 15 is 0 Å². The van der Waals surface area contributed by atoms with Gasteiger partial charge in [-0.25, -0.2) is 4.79 Å². The smallest absolute Gasteiger partial charge is 0.331 e. The van der Waals surface area contributed by atoms with Crippen LogP contribution in [0, 0.1) is 0 Å². The van der Waals surface area contributed by atoms with Gasteiger partial charge in [0.15, 0.2) is 0 Å². The van der Waals surface area contributed by atoms with E-state index in [0.717, 1.165) is 12.0 Å². The highest BCUT2D eigenvalue weighted by Crippen LogP contribution is 2.12. The number of hydrogen-bond donors (Lipinski definition) is 0. The van der Waals surface area contributed by atoms with Crippen LogP contribution in [-0.4, -0.2) is 12.6 Å². The van der Waals surface area contributed by atoms with Gasteiger partial charge in [0.05, 0.1) is 0 Å². The SMILES string of the molecule is O=C1C=C(Cc2ccccc2)CO1. The summed E-state index contributed by atoms with van der Waals surface area (Å²) in [5.74, 6) is -0.217. The molecule has 0 saturated heterocycles. The zero-order chi connectivity index (χ0) is 9.10. The van der Waals surface area contributed by atoms with E-state index in [9.17, 15) is 4.79 Å². The van der Waals surface area contributed by atoms with E-state index in [2.05, 4.69) is 0 Å². The van der Waals surface area contributed by atoms with Crippen LogP contribution in [0.15, 0.2) is 42.0 Å². The van der Waals surface area contributed by atoms with Gasteiger partial charge >= 0.3 is 5.97 Å². The summed E-state index contributed by atoms with van der Waals surface area (Å²) in [6, 6.07) is 10.1. The highest BCUT2D eigenvalue weighted by atomic mass is 16.5. The van der Waals surface area contributed by atoms with Gasteiger partial charge in [-0.2, -0.15) is 0 Å². The molecular weight excluding hydrogens is 164 g/mol. The monoisotopic (exact) mass is 174 g/mol. The Kier molecular flexibility index (Phi) is 2.13. The molecule has 1 heterocycles. The zero-order valence-electron chi connectivity index (χ0n) is 7.19. The number of benzene rings is 1. The summed E-state index contributed by atoms with van der Waals surface area (Å²) >= 11 is 0. The number of hydrogen-bond acceptors (Lipinski definition) is 2. The van der Waals surface area contributed by atoms with Crippen molar-refractivity contribution < 1.29 is 9.53 Å². The van der Waals surface area contributed by atoms with Crippen molar-refractivity contribution in [3.63, 3.8) is 0 Å². The molecule has 0 aliphatic carbocycles. The molecule has 0 N–H and O–H groups in total. The van der Waals surface area contributed by atoms with Gasteiger partial charge in [0.1, 0.15) is 6.61 Å². The summed E-state index contributed by atoms with van der Waals surface area (Å²) < 4.78 is 4.81. The fraction of sp³-hybridized carbons (Fsp3) is 0.182. The standard InChI is InChI=1S/C11H10O2/c12-11-7-10(8-13-11)6-9-4-2-1-3-5-9/h1-5,7H,6,8H2. The Morgan fingerprint density at radius 1 is 1.23 bits per heavy atom. The van der Waals surface area contributed by atoms with Crippen molar-refractivity contribution in [3.8, 4) is 0 Å². The average Bonchev–Trinajstić information content (AvgIpc) is 2.53. The van der Waals surface area contributed by atoms with E-state index in [4.69, 9.17) is 4.74 Å². The molecule has 66 valence electrons. The highest BCUT2D eigenvalue weighted by Gasteiger charge is 2.12. The average molecular weight is 174 g/mol. The number of carbonyl (C=O) groups is 1. The fourth-order valence-corrected chi connectivity index (χ4v) is 1.37. The van der Waals surface area contributed by atoms with Crippen molar-refractivity contribution in [1.29, 1.82) is 0 Å². The maximum atomic E-state index is 10.7. The normalized spacial score (nSPS) is 15.4. The van der Waals surface area contributed by atoms with Crippen LogP contribution in [0.5, 0.6) is 0 Å². The molecule has 2 nitrogen and oxygen atoms in total. The maximum absolute atomic E-state index is 10.7. The lowest BCUT2D eigenvalue weighted by atomic mass is 10.1. The van der Waals surface area contributed by atoms with E-state index in [1.165, 1.54) is 5.56 Å². The van der Waals surface area contributed by atoms with E-state index in [0.29, 0.717) is 6.61 Å². The largest absolute Gasteiger partial charge is 0.458 e. The minimum Gasteiger partial charge on any atom is -0.458 e. The molecule has 1 aromatic rings. The topological polar surface area (TPSA) is 26.3 Å². The van der Waals surface area contributed by atoms with Crippen LogP contribution in [0.25, 0.3) is 0 Å². The minimum absolute atomic E-state index is 0.217. The van der Waals surface area contributed by atoms with Crippen molar-refractivity contribution in [2.24, 2.45) is 0 Å². The Morgan fingerprint density at radius 2 is 2.00 bits per heavy atom. The lowest BCUT2D eigenvalue weighted by Crippen LogP contribution is -1.93. The minimum atomic E-state index is -0.217. The van der Waals surface area contributed by atoms with Crippen LogP contribution in [0.2, 0.25) is 0 Å². The fourth-order valence-electron chi connectivity index (χ4n) is 1.37. The molecule has 1 aliphatic heterocycles. The Labute approximate surface area is 76.8 Å². The van der Waals surface area contributed by atoms with Gasteiger partial charge in [-0.3, -0.25) is 0 Å². The first-order chi connectivity index (χ1) is 6.34. The third kappa shape index (κ3) is 1.96. The predicted octanol–water partition coefficient (Wildman–Crippen LogP) is 1.71. The Balaban J connectivity index is 2.07. The van der Waals surface area contributed by atoms with Crippen molar-refractivity contribution in [2.45, 2.75) is 6.42 Å². The molecule has 13 heavy (non-hydrogen) atoms. The number of carbonyl (C=O) groups excluding carboxylic acids is 1. The summed E-state index contributed by atoms with van der Waals surface area (Å²) in [6.07, 6.45) is 2.39. The van der Waals surface area contributed by atoms with Crippen LogP contribution in [-0.2, 0) is 16.0 Å². The van der Waals surface area contributed by atoms with E-state index < -0.39 is 0 Å². The third-order valence-corrected chi connectivity index (χ3v) is 2.00. The molecule has 0 bridgehead atoms. The molecule has 0 unspecified atom stereocenters. The summed E-state index contributed by atoms with van der Waals surface area (Å²) in [4.78, 5) is 10.7. The van der Waals surface area contributed by atoms with Crippen molar-refractivity contribution in [3.05, 3.63) is 47.5 Å². The molecule has 0 atom stereocenters. The number of esters is 1. The number of rotatable bonds is 2. The van der Waals surface area contributed by atoms with Gasteiger partial charge < -0.3 is 4.74 Å². The van der Waals surface area contributed by atoms with Crippen molar-refractivity contribution >= 4 is 5.97 Å². The summed E-state index contributed by atoms with van der Waals surface area (Å²) in [6.45, 7) is 0.452. The van der Waals surface area contributed by atoms with Gasteiger partial charge in [0.2, 0.25) is 0 Å². The third-order valence-electron chi connectivity index (χ3n) is 2.00. The Morgan fingerprint density at radius 3 is 2.62 bits per heavy atom. The summed E-state index contributed by atoms with van der Waals surface area (Å²) in [5, 5.41) is 0.